The number of hydrogen-bond donors (Lipinski definition) is 2. The van der Waals surface area contributed by atoms with Gasteiger partial charge >= 0.3 is 6.18 Å². The molecule has 0 aliphatic carbocycles. The van der Waals surface area contributed by atoms with Gasteiger partial charge in [0.2, 0.25) is 0 Å². The fourth-order valence-corrected chi connectivity index (χ4v) is 2.65. The van der Waals surface area contributed by atoms with Gasteiger partial charge in [0.15, 0.2) is 5.96 Å². The minimum absolute atomic E-state index is 0.131. The molecule has 4 nitrogen and oxygen atoms in total. The van der Waals surface area contributed by atoms with Crippen molar-refractivity contribution in [3.8, 4) is 0 Å². The fourth-order valence-electron chi connectivity index (χ4n) is 1.79. The predicted octanol–water partition coefficient (Wildman–Crippen LogP) is 3.15. The molecule has 1 heterocycles. The Morgan fingerprint density at radius 1 is 1.27 bits per heavy atom. The second-order valence-corrected chi connectivity index (χ2v) is 6.02. The molecule has 0 spiro atoms. The average molecular weight is 336 g/mol. The van der Waals surface area contributed by atoms with E-state index in [1.54, 1.807) is 18.4 Å². The van der Waals surface area contributed by atoms with E-state index in [-0.39, 0.29) is 6.42 Å². The molecule has 0 saturated carbocycles. The maximum Gasteiger partial charge on any atom is 0.389 e. The molecule has 0 aliphatic heterocycles. The van der Waals surface area contributed by atoms with Gasteiger partial charge in [-0.25, -0.2) is 4.98 Å². The summed E-state index contributed by atoms with van der Waals surface area (Å²) in [6, 6.07) is 0. The second-order valence-electron chi connectivity index (χ2n) is 4.82. The Labute approximate surface area is 133 Å². The van der Waals surface area contributed by atoms with Crippen LogP contribution in [-0.2, 0) is 12.8 Å². The lowest BCUT2D eigenvalue weighted by molar-refractivity contribution is -0.135. The van der Waals surface area contributed by atoms with E-state index >= 15 is 0 Å². The number of unbranched alkanes of at least 4 members (excludes halogenated alkanes) is 1. The number of halogens is 3. The number of thiazole rings is 1. The van der Waals surface area contributed by atoms with Crippen LogP contribution in [0.5, 0.6) is 0 Å². The number of nitrogens with one attached hydrogen (secondary N) is 2. The van der Waals surface area contributed by atoms with Crippen LogP contribution < -0.4 is 10.6 Å². The zero-order valence-electron chi connectivity index (χ0n) is 13.0. The standard InChI is InChI=1S/C14H23F3N4S/c1-3-11-10-21-12(22-11)6-9-20-13(18-2)19-8-5-4-7-14(15,16)17/h10H,3-9H2,1-2H3,(H2,18,19,20). The first kappa shape index (κ1) is 18.7. The van der Waals surface area contributed by atoms with E-state index in [1.807, 2.05) is 6.20 Å². The van der Waals surface area contributed by atoms with E-state index in [0.717, 1.165) is 17.8 Å². The van der Waals surface area contributed by atoms with E-state index in [1.165, 1.54) is 4.88 Å². The second kappa shape index (κ2) is 9.66. The summed E-state index contributed by atoms with van der Waals surface area (Å²) >= 11 is 1.70. The maximum absolute atomic E-state index is 12.0. The highest BCUT2D eigenvalue weighted by Crippen LogP contribution is 2.21. The summed E-state index contributed by atoms with van der Waals surface area (Å²) in [4.78, 5) is 9.64. The van der Waals surface area contributed by atoms with Crippen molar-refractivity contribution in [3.63, 3.8) is 0 Å². The van der Waals surface area contributed by atoms with Crippen LogP contribution in [0.3, 0.4) is 0 Å². The molecule has 1 rings (SSSR count). The van der Waals surface area contributed by atoms with Gasteiger partial charge in [0, 0.05) is 44.1 Å². The number of hydrogen-bond acceptors (Lipinski definition) is 3. The summed E-state index contributed by atoms with van der Waals surface area (Å²) in [7, 11) is 1.64. The molecule has 0 aromatic carbocycles. The highest BCUT2D eigenvalue weighted by atomic mass is 32.1. The predicted molar refractivity (Wildman–Crippen MR) is 84.5 cm³/mol. The highest BCUT2D eigenvalue weighted by Gasteiger charge is 2.25. The first-order valence-electron chi connectivity index (χ1n) is 7.39. The van der Waals surface area contributed by atoms with Crippen LogP contribution >= 0.6 is 11.3 Å². The fraction of sp³-hybridized carbons (Fsp3) is 0.714. The lowest BCUT2D eigenvalue weighted by atomic mass is 10.2. The molecule has 0 atom stereocenters. The molecular weight excluding hydrogens is 313 g/mol. The van der Waals surface area contributed by atoms with Crippen molar-refractivity contribution < 1.29 is 13.2 Å². The Bertz CT molecular complexity index is 457. The van der Waals surface area contributed by atoms with Crippen molar-refractivity contribution in [3.05, 3.63) is 16.1 Å². The number of rotatable bonds is 8. The smallest absolute Gasteiger partial charge is 0.356 e. The Hall–Kier alpha value is -1.31. The third-order valence-electron chi connectivity index (χ3n) is 2.98. The summed E-state index contributed by atoms with van der Waals surface area (Å²) in [5.41, 5.74) is 0. The lowest BCUT2D eigenvalue weighted by Crippen LogP contribution is -2.38. The molecule has 0 unspecified atom stereocenters. The Morgan fingerprint density at radius 2 is 2.00 bits per heavy atom. The molecule has 1 aromatic heterocycles. The molecule has 22 heavy (non-hydrogen) atoms. The minimum Gasteiger partial charge on any atom is -0.356 e. The van der Waals surface area contributed by atoms with Gasteiger partial charge < -0.3 is 10.6 Å². The van der Waals surface area contributed by atoms with Gasteiger partial charge in [-0.15, -0.1) is 11.3 Å². The van der Waals surface area contributed by atoms with Crippen molar-refractivity contribution in [1.29, 1.82) is 0 Å². The topological polar surface area (TPSA) is 49.3 Å². The molecule has 0 radical (unpaired) electrons. The molecular formula is C14H23F3N4S. The van der Waals surface area contributed by atoms with E-state index in [4.69, 9.17) is 0 Å². The van der Waals surface area contributed by atoms with Crippen LogP contribution in [0.4, 0.5) is 13.2 Å². The maximum atomic E-state index is 12.0. The zero-order chi connectivity index (χ0) is 16.4. The van der Waals surface area contributed by atoms with Crippen LogP contribution in [0, 0.1) is 0 Å². The molecule has 0 saturated heterocycles. The molecule has 0 bridgehead atoms. The molecule has 126 valence electrons. The number of guanidine groups is 1. The average Bonchev–Trinajstić information content (AvgIpc) is 2.92. The molecule has 0 aliphatic rings. The summed E-state index contributed by atoms with van der Waals surface area (Å²) in [6.07, 6.45) is -0.506. The number of nitrogens with zero attached hydrogens (tertiary/aromatic N) is 2. The van der Waals surface area contributed by atoms with Gasteiger partial charge in [0.05, 0.1) is 5.01 Å². The SMILES string of the molecule is CCc1cnc(CCNC(=NC)NCCCCC(F)(F)F)s1. The minimum atomic E-state index is -4.06. The van der Waals surface area contributed by atoms with Crippen LogP contribution in [-0.4, -0.2) is 37.3 Å². The number of alkyl halides is 3. The van der Waals surface area contributed by atoms with Gasteiger partial charge in [0.25, 0.3) is 0 Å². The van der Waals surface area contributed by atoms with Crippen LogP contribution in [0.1, 0.15) is 36.1 Å². The van der Waals surface area contributed by atoms with E-state index in [2.05, 4.69) is 27.5 Å². The number of aryl methyl sites for hydroxylation is 1. The monoisotopic (exact) mass is 336 g/mol. The van der Waals surface area contributed by atoms with Crippen LogP contribution in [0.2, 0.25) is 0 Å². The highest BCUT2D eigenvalue weighted by molar-refractivity contribution is 7.11. The first-order chi connectivity index (χ1) is 10.4. The summed E-state index contributed by atoms with van der Waals surface area (Å²) < 4.78 is 36.0. The summed E-state index contributed by atoms with van der Waals surface area (Å²) in [6.45, 7) is 3.27. The molecule has 1 aromatic rings. The summed E-state index contributed by atoms with van der Waals surface area (Å²) in [5, 5.41) is 7.22. The lowest BCUT2D eigenvalue weighted by Gasteiger charge is -2.11. The van der Waals surface area contributed by atoms with Gasteiger partial charge in [-0.3, -0.25) is 4.99 Å². The van der Waals surface area contributed by atoms with Crippen molar-refractivity contribution in [1.82, 2.24) is 15.6 Å². The van der Waals surface area contributed by atoms with Gasteiger partial charge in [-0.1, -0.05) is 6.92 Å². The van der Waals surface area contributed by atoms with Crippen molar-refractivity contribution >= 4 is 17.3 Å². The molecule has 0 fully saturated rings. The zero-order valence-corrected chi connectivity index (χ0v) is 13.8. The van der Waals surface area contributed by atoms with Crippen molar-refractivity contribution in [2.75, 3.05) is 20.1 Å². The Kier molecular flexibility index (Phi) is 8.22. The number of aliphatic imine (C=N–C) groups is 1. The van der Waals surface area contributed by atoms with Crippen LogP contribution in [0.15, 0.2) is 11.2 Å². The Morgan fingerprint density at radius 3 is 2.59 bits per heavy atom. The molecule has 8 heteroatoms. The quantitative estimate of drug-likeness (QED) is 0.436. The van der Waals surface area contributed by atoms with Gasteiger partial charge in [-0.2, -0.15) is 13.2 Å². The Balaban J connectivity index is 2.14. The van der Waals surface area contributed by atoms with E-state index in [9.17, 15) is 13.2 Å². The van der Waals surface area contributed by atoms with E-state index in [0.29, 0.717) is 25.5 Å². The first-order valence-corrected chi connectivity index (χ1v) is 8.21. The normalized spacial score (nSPS) is 12.5. The third kappa shape index (κ3) is 8.21. The van der Waals surface area contributed by atoms with Crippen LogP contribution in [0.25, 0.3) is 0 Å². The number of aromatic nitrogens is 1. The van der Waals surface area contributed by atoms with E-state index < -0.39 is 12.6 Å². The van der Waals surface area contributed by atoms with Gasteiger partial charge in [-0.05, 0) is 19.3 Å². The largest absolute Gasteiger partial charge is 0.389 e. The molecule has 2 N–H and O–H groups in total. The van der Waals surface area contributed by atoms with Crippen molar-refractivity contribution in [2.24, 2.45) is 4.99 Å². The third-order valence-corrected chi connectivity index (χ3v) is 4.19. The van der Waals surface area contributed by atoms with Crippen molar-refractivity contribution in [2.45, 2.75) is 45.2 Å². The molecule has 0 amide bonds. The van der Waals surface area contributed by atoms with Gasteiger partial charge in [0.1, 0.15) is 0 Å². The summed E-state index contributed by atoms with van der Waals surface area (Å²) in [5.74, 6) is 0.610.